The first-order chi connectivity index (χ1) is 8.97. The van der Waals surface area contributed by atoms with Crippen molar-refractivity contribution in [3.8, 4) is 11.5 Å². The fourth-order valence-corrected chi connectivity index (χ4v) is 2.20. The molecule has 2 N–H and O–H groups in total. The molecule has 100 valence electrons. The molecule has 2 aromatic rings. The quantitative estimate of drug-likeness (QED) is 0.871. The summed E-state index contributed by atoms with van der Waals surface area (Å²) in [6.45, 7) is 1.76. The van der Waals surface area contributed by atoms with Crippen molar-refractivity contribution in [3.05, 3.63) is 57.8 Å². The molecule has 0 bridgehead atoms. The Balaban J connectivity index is 2.42. The van der Waals surface area contributed by atoms with E-state index in [1.165, 1.54) is 6.07 Å². The van der Waals surface area contributed by atoms with Gasteiger partial charge in [-0.1, -0.05) is 35.3 Å². The van der Waals surface area contributed by atoms with Crippen molar-refractivity contribution in [1.29, 1.82) is 0 Å². The van der Waals surface area contributed by atoms with Crippen LogP contribution in [0.1, 0.15) is 18.5 Å². The zero-order valence-electron chi connectivity index (χ0n) is 10.2. The lowest BCUT2D eigenvalue weighted by atomic mass is 10.1. The summed E-state index contributed by atoms with van der Waals surface area (Å²) in [6, 6.07) is 8.97. The van der Waals surface area contributed by atoms with E-state index in [1.807, 2.05) is 0 Å². The van der Waals surface area contributed by atoms with Crippen molar-refractivity contribution >= 4 is 23.2 Å². The number of ether oxygens (including phenoxy) is 1. The van der Waals surface area contributed by atoms with Gasteiger partial charge in [0, 0.05) is 21.7 Å². The van der Waals surface area contributed by atoms with Gasteiger partial charge in [-0.2, -0.15) is 0 Å². The van der Waals surface area contributed by atoms with Crippen LogP contribution in [-0.4, -0.2) is 0 Å². The minimum absolute atomic E-state index is 0.0934. The molecular formula is C14H12Cl2FNO. The average Bonchev–Trinajstić information content (AvgIpc) is 2.30. The Morgan fingerprint density at radius 1 is 1.16 bits per heavy atom. The van der Waals surface area contributed by atoms with Gasteiger partial charge in [0.2, 0.25) is 0 Å². The zero-order valence-corrected chi connectivity index (χ0v) is 11.7. The third-order valence-corrected chi connectivity index (χ3v) is 2.98. The van der Waals surface area contributed by atoms with Crippen molar-refractivity contribution in [3.63, 3.8) is 0 Å². The number of rotatable bonds is 3. The van der Waals surface area contributed by atoms with E-state index < -0.39 is 5.82 Å². The predicted molar refractivity (Wildman–Crippen MR) is 75.5 cm³/mol. The van der Waals surface area contributed by atoms with Crippen molar-refractivity contribution < 1.29 is 9.13 Å². The molecule has 0 aliphatic carbocycles. The van der Waals surface area contributed by atoms with Gasteiger partial charge in [-0.25, -0.2) is 4.39 Å². The van der Waals surface area contributed by atoms with E-state index in [9.17, 15) is 4.39 Å². The van der Waals surface area contributed by atoms with E-state index in [0.717, 1.165) is 0 Å². The highest BCUT2D eigenvalue weighted by molar-refractivity contribution is 6.34. The lowest BCUT2D eigenvalue weighted by Gasteiger charge is -2.14. The summed E-state index contributed by atoms with van der Waals surface area (Å²) in [5.41, 5.74) is 6.38. The molecule has 0 saturated heterocycles. The highest BCUT2D eigenvalue weighted by Crippen LogP contribution is 2.33. The largest absolute Gasteiger partial charge is 0.454 e. The first-order valence-corrected chi connectivity index (χ1v) is 6.41. The van der Waals surface area contributed by atoms with Gasteiger partial charge in [0.1, 0.15) is 5.75 Å². The van der Waals surface area contributed by atoms with Crippen LogP contribution in [0.15, 0.2) is 36.4 Å². The minimum Gasteiger partial charge on any atom is -0.454 e. The van der Waals surface area contributed by atoms with Crippen LogP contribution < -0.4 is 10.5 Å². The molecule has 2 aromatic carbocycles. The summed E-state index contributed by atoms with van der Waals surface area (Å²) < 4.78 is 19.4. The van der Waals surface area contributed by atoms with Crippen LogP contribution >= 0.6 is 23.2 Å². The van der Waals surface area contributed by atoms with Crippen LogP contribution in [0, 0.1) is 5.82 Å². The molecule has 0 radical (unpaired) electrons. The van der Waals surface area contributed by atoms with E-state index in [-0.39, 0.29) is 11.8 Å². The first-order valence-electron chi connectivity index (χ1n) is 5.65. The Hall–Kier alpha value is -1.29. The van der Waals surface area contributed by atoms with E-state index in [1.54, 1.807) is 37.3 Å². The molecule has 2 rings (SSSR count). The smallest absolute Gasteiger partial charge is 0.167 e. The summed E-state index contributed by atoms with van der Waals surface area (Å²) in [5, 5.41) is 0.836. The van der Waals surface area contributed by atoms with Gasteiger partial charge in [-0.15, -0.1) is 0 Å². The maximum absolute atomic E-state index is 13.9. The molecule has 1 atom stereocenters. The second-order valence-electron chi connectivity index (χ2n) is 4.15. The Labute approximate surface area is 120 Å². The minimum atomic E-state index is -0.481. The summed E-state index contributed by atoms with van der Waals surface area (Å²) in [7, 11) is 0. The average molecular weight is 300 g/mol. The predicted octanol–water partition coefficient (Wildman–Crippen LogP) is 4.94. The second kappa shape index (κ2) is 5.78. The molecular weight excluding hydrogens is 288 g/mol. The maximum Gasteiger partial charge on any atom is 0.167 e. The molecule has 5 heteroatoms. The van der Waals surface area contributed by atoms with Crippen molar-refractivity contribution in [1.82, 2.24) is 0 Å². The lowest BCUT2D eigenvalue weighted by Crippen LogP contribution is -2.07. The molecule has 19 heavy (non-hydrogen) atoms. The summed E-state index contributed by atoms with van der Waals surface area (Å²) in [4.78, 5) is 0. The number of hydrogen-bond acceptors (Lipinski definition) is 2. The first kappa shape index (κ1) is 14.1. The van der Waals surface area contributed by atoms with E-state index in [0.29, 0.717) is 21.4 Å². The number of halogens is 3. The summed E-state index contributed by atoms with van der Waals surface area (Å²) >= 11 is 11.8. The van der Waals surface area contributed by atoms with Gasteiger partial charge >= 0.3 is 0 Å². The molecule has 0 fully saturated rings. The summed E-state index contributed by atoms with van der Waals surface area (Å²) in [5.74, 6) is -0.0220. The molecule has 0 aromatic heterocycles. The molecule has 0 heterocycles. The monoisotopic (exact) mass is 299 g/mol. The van der Waals surface area contributed by atoms with Crippen molar-refractivity contribution in [2.45, 2.75) is 13.0 Å². The van der Waals surface area contributed by atoms with Crippen LogP contribution in [0.25, 0.3) is 0 Å². The maximum atomic E-state index is 13.9. The standard InChI is InChI=1S/C14H12Cl2FNO/c1-8(18)12-3-2-4-13(17)14(12)19-11-6-9(15)5-10(16)7-11/h2-8H,18H2,1H3. The van der Waals surface area contributed by atoms with E-state index in [2.05, 4.69) is 0 Å². The van der Waals surface area contributed by atoms with Gasteiger partial charge in [-0.05, 0) is 31.2 Å². The van der Waals surface area contributed by atoms with Crippen LogP contribution in [0.4, 0.5) is 4.39 Å². The Bertz CT molecular complexity index is 582. The van der Waals surface area contributed by atoms with E-state index >= 15 is 0 Å². The third kappa shape index (κ3) is 3.38. The fraction of sp³-hybridized carbons (Fsp3) is 0.143. The lowest BCUT2D eigenvalue weighted by molar-refractivity contribution is 0.433. The Morgan fingerprint density at radius 3 is 2.37 bits per heavy atom. The normalized spacial score (nSPS) is 12.3. The van der Waals surface area contributed by atoms with Crippen molar-refractivity contribution in [2.24, 2.45) is 5.73 Å². The molecule has 0 amide bonds. The number of hydrogen-bond donors (Lipinski definition) is 1. The fourth-order valence-electron chi connectivity index (χ4n) is 1.70. The highest BCUT2D eigenvalue weighted by Gasteiger charge is 2.14. The molecule has 0 saturated carbocycles. The Morgan fingerprint density at radius 2 is 1.79 bits per heavy atom. The topological polar surface area (TPSA) is 35.2 Å². The van der Waals surface area contributed by atoms with Gasteiger partial charge < -0.3 is 10.5 Å². The molecule has 0 spiro atoms. The van der Waals surface area contributed by atoms with E-state index in [4.69, 9.17) is 33.7 Å². The molecule has 0 aliphatic heterocycles. The van der Waals surface area contributed by atoms with Crippen molar-refractivity contribution in [2.75, 3.05) is 0 Å². The van der Waals surface area contributed by atoms with Gasteiger partial charge in [0.15, 0.2) is 11.6 Å². The van der Waals surface area contributed by atoms with Crippen LogP contribution in [0.5, 0.6) is 11.5 Å². The third-order valence-electron chi connectivity index (χ3n) is 2.54. The SMILES string of the molecule is CC(N)c1cccc(F)c1Oc1cc(Cl)cc(Cl)c1. The Kier molecular flexibility index (Phi) is 4.30. The zero-order chi connectivity index (χ0) is 14.0. The van der Waals surface area contributed by atoms with Crippen LogP contribution in [0.2, 0.25) is 10.0 Å². The highest BCUT2D eigenvalue weighted by atomic mass is 35.5. The van der Waals surface area contributed by atoms with Gasteiger partial charge in [0.05, 0.1) is 0 Å². The van der Waals surface area contributed by atoms with Crippen LogP contribution in [-0.2, 0) is 0 Å². The van der Waals surface area contributed by atoms with Gasteiger partial charge in [-0.3, -0.25) is 0 Å². The number of nitrogens with two attached hydrogens (primary N) is 1. The number of benzene rings is 2. The molecule has 2 nitrogen and oxygen atoms in total. The van der Waals surface area contributed by atoms with Gasteiger partial charge in [0.25, 0.3) is 0 Å². The molecule has 0 aliphatic rings. The van der Waals surface area contributed by atoms with Crippen LogP contribution in [0.3, 0.4) is 0 Å². The summed E-state index contributed by atoms with van der Waals surface area (Å²) in [6.07, 6.45) is 0. The second-order valence-corrected chi connectivity index (χ2v) is 5.03. The number of para-hydroxylation sites is 1. The molecule has 1 unspecified atom stereocenters.